The first-order valence-corrected chi connectivity index (χ1v) is 7.35. The van der Waals surface area contributed by atoms with Gasteiger partial charge in [-0.1, -0.05) is 11.3 Å². The predicted molar refractivity (Wildman–Crippen MR) is 67.6 cm³/mol. The van der Waals surface area contributed by atoms with Gasteiger partial charge in [-0.15, -0.1) is 10.2 Å². The summed E-state index contributed by atoms with van der Waals surface area (Å²) in [5.74, 6) is -0.463. The molecule has 1 N–H and O–H groups in total. The van der Waals surface area contributed by atoms with Crippen molar-refractivity contribution in [2.24, 2.45) is 5.92 Å². The quantitative estimate of drug-likeness (QED) is 0.944. The van der Waals surface area contributed by atoms with E-state index >= 15 is 0 Å². The Hall–Kier alpha value is -1.22. The van der Waals surface area contributed by atoms with Crippen LogP contribution in [0.25, 0.3) is 4.96 Å². The number of piperidine rings is 1. The Kier molecular flexibility index (Phi) is 3.63. The van der Waals surface area contributed by atoms with Crippen LogP contribution in [0.15, 0.2) is 0 Å². The third kappa shape index (κ3) is 2.78. The van der Waals surface area contributed by atoms with Crippen molar-refractivity contribution in [2.45, 2.75) is 31.9 Å². The van der Waals surface area contributed by atoms with E-state index in [-0.39, 0.29) is 4.96 Å². The normalized spacial score (nSPS) is 20.6. The molecule has 20 heavy (non-hydrogen) atoms. The number of hydrogen-bond acceptors (Lipinski definition) is 5. The molecular weight excluding hydrogens is 291 g/mol. The Morgan fingerprint density at radius 2 is 2.20 bits per heavy atom. The van der Waals surface area contributed by atoms with Gasteiger partial charge in [0, 0.05) is 6.42 Å². The highest BCUT2D eigenvalue weighted by Gasteiger charge is 2.38. The van der Waals surface area contributed by atoms with E-state index in [1.165, 1.54) is 17.8 Å². The molecule has 0 spiro atoms. The van der Waals surface area contributed by atoms with E-state index in [2.05, 4.69) is 20.6 Å². The molecule has 1 aliphatic rings. The summed E-state index contributed by atoms with van der Waals surface area (Å²) in [5, 5.41) is 14.7. The zero-order chi connectivity index (χ0) is 14.2. The summed E-state index contributed by atoms with van der Waals surface area (Å²) in [6.45, 7) is 2.04. The third-order valence-electron chi connectivity index (χ3n) is 3.45. The van der Waals surface area contributed by atoms with Crippen molar-refractivity contribution in [3.63, 3.8) is 0 Å². The maximum absolute atomic E-state index is 12.7. The number of aromatic nitrogens is 4. The molecule has 0 aliphatic carbocycles. The predicted octanol–water partition coefficient (Wildman–Crippen LogP) is 2.14. The zero-order valence-corrected chi connectivity index (χ0v) is 11.5. The second-order valence-electron chi connectivity index (χ2n) is 4.96. The van der Waals surface area contributed by atoms with Crippen LogP contribution in [0, 0.1) is 5.92 Å². The van der Waals surface area contributed by atoms with E-state index < -0.39 is 12.0 Å². The molecule has 9 heteroatoms. The lowest BCUT2D eigenvalue weighted by Crippen LogP contribution is -2.29. The van der Waals surface area contributed by atoms with Crippen LogP contribution in [-0.4, -0.2) is 32.9 Å². The Morgan fingerprint density at radius 1 is 1.35 bits per heavy atom. The van der Waals surface area contributed by atoms with Gasteiger partial charge in [-0.25, -0.2) is 0 Å². The number of fused-ring (bicyclic) bond motifs is 1. The van der Waals surface area contributed by atoms with Gasteiger partial charge in [-0.05, 0) is 38.3 Å². The van der Waals surface area contributed by atoms with Crippen molar-refractivity contribution < 1.29 is 13.2 Å². The molecule has 0 bridgehead atoms. The zero-order valence-electron chi connectivity index (χ0n) is 10.7. The molecule has 2 aromatic heterocycles. The van der Waals surface area contributed by atoms with Gasteiger partial charge in [0.05, 0.1) is 0 Å². The lowest BCUT2D eigenvalue weighted by molar-refractivity contribution is -0.146. The van der Waals surface area contributed by atoms with Crippen LogP contribution >= 0.6 is 11.3 Å². The standard InChI is InChI=1S/C11H14F3N5S/c12-11(13,14)9-16-17-10-19(9)18-8(20-10)4-3-7-2-1-5-15-6-7/h7,15H,1-6H2. The van der Waals surface area contributed by atoms with Crippen molar-refractivity contribution in [1.82, 2.24) is 25.1 Å². The molecule has 0 saturated carbocycles. The molecule has 3 rings (SSSR count). The number of nitrogens with zero attached hydrogens (tertiary/aromatic N) is 4. The minimum absolute atomic E-state index is 0.203. The van der Waals surface area contributed by atoms with E-state index in [4.69, 9.17) is 0 Å². The van der Waals surface area contributed by atoms with Crippen molar-refractivity contribution in [3.05, 3.63) is 10.8 Å². The number of hydrogen-bond donors (Lipinski definition) is 1. The molecule has 0 aromatic carbocycles. The summed E-state index contributed by atoms with van der Waals surface area (Å²) >= 11 is 1.18. The smallest absolute Gasteiger partial charge is 0.316 e. The van der Waals surface area contributed by atoms with Gasteiger partial charge in [-0.2, -0.15) is 22.8 Å². The summed E-state index contributed by atoms with van der Waals surface area (Å²) in [7, 11) is 0. The van der Waals surface area contributed by atoms with Crippen LogP contribution in [0.5, 0.6) is 0 Å². The molecular formula is C11H14F3N5S. The number of rotatable bonds is 3. The van der Waals surface area contributed by atoms with Crippen molar-refractivity contribution >= 4 is 16.3 Å². The average molecular weight is 305 g/mol. The topological polar surface area (TPSA) is 55.1 Å². The summed E-state index contributed by atoms with van der Waals surface area (Å²) in [6.07, 6.45) is -0.549. The molecule has 1 aliphatic heterocycles. The maximum Gasteiger partial charge on any atom is 0.453 e. The van der Waals surface area contributed by atoms with Crippen molar-refractivity contribution in [2.75, 3.05) is 13.1 Å². The second-order valence-corrected chi connectivity index (χ2v) is 6.00. The monoisotopic (exact) mass is 305 g/mol. The molecule has 0 amide bonds. The fourth-order valence-corrected chi connectivity index (χ4v) is 3.28. The molecule has 3 heterocycles. The van der Waals surface area contributed by atoms with Crippen LogP contribution in [0.2, 0.25) is 0 Å². The largest absolute Gasteiger partial charge is 0.453 e. The van der Waals surface area contributed by atoms with E-state index in [9.17, 15) is 13.2 Å². The van der Waals surface area contributed by atoms with E-state index in [0.717, 1.165) is 30.4 Å². The minimum atomic E-state index is -4.52. The van der Waals surface area contributed by atoms with Gasteiger partial charge in [-0.3, -0.25) is 0 Å². The Morgan fingerprint density at radius 3 is 2.90 bits per heavy atom. The van der Waals surface area contributed by atoms with Crippen LogP contribution in [0.4, 0.5) is 13.2 Å². The summed E-state index contributed by atoms with van der Waals surface area (Å²) in [4.78, 5) is 0.203. The van der Waals surface area contributed by atoms with E-state index in [1.807, 2.05) is 0 Å². The van der Waals surface area contributed by atoms with E-state index in [0.29, 0.717) is 17.3 Å². The van der Waals surface area contributed by atoms with Crippen LogP contribution < -0.4 is 5.32 Å². The minimum Gasteiger partial charge on any atom is -0.316 e. The number of aryl methyl sites for hydroxylation is 1. The average Bonchev–Trinajstić information content (AvgIpc) is 2.95. The fourth-order valence-electron chi connectivity index (χ4n) is 2.43. The first-order valence-electron chi connectivity index (χ1n) is 6.53. The molecule has 110 valence electrons. The highest BCUT2D eigenvalue weighted by atomic mass is 32.1. The third-order valence-corrected chi connectivity index (χ3v) is 4.41. The molecule has 1 fully saturated rings. The van der Waals surface area contributed by atoms with Gasteiger partial charge in [0.15, 0.2) is 0 Å². The molecule has 0 radical (unpaired) electrons. The van der Waals surface area contributed by atoms with Gasteiger partial charge >= 0.3 is 6.18 Å². The SMILES string of the molecule is FC(F)(F)c1nnc2sc(CCC3CCCNC3)nn12. The Balaban J connectivity index is 1.71. The molecule has 1 unspecified atom stereocenters. The molecule has 1 saturated heterocycles. The Labute approximate surface area is 117 Å². The Bertz CT molecular complexity index is 584. The number of nitrogens with one attached hydrogen (secondary N) is 1. The summed E-state index contributed by atoms with van der Waals surface area (Å²) < 4.78 is 38.8. The second kappa shape index (κ2) is 5.28. The lowest BCUT2D eigenvalue weighted by atomic mass is 9.95. The molecule has 5 nitrogen and oxygen atoms in total. The van der Waals surface area contributed by atoms with Crippen LogP contribution in [0.1, 0.15) is 30.1 Å². The van der Waals surface area contributed by atoms with Crippen molar-refractivity contribution in [1.29, 1.82) is 0 Å². The maximum atomic E-state index is 12.7. The number of alkyl halides is 3. The van der Waals surface area contributed by atoms with Gasteiger partial charge in [0.25, 0.3) is 5.82 Å². The summed E-state index contributed by atoms with van der Waals surface area (Å²) in [6, 6.07) is 0. The highest BCUT2D eigenvalue weighted by molar-refractivity contribution is 7.16. The van der Waals surface area contributed by atoms with Gasteiger partial charge < -0.3 is 5.32 Å². The van der Waals surface area contributed by atoms with Gasteiger partial charge in [0.2, 0.25) is 4.96 Å². The van der Waals surface area contributed by atoms with E-state index in [1.54, 1.807) is 0 Å². The highest BCUT2D eigenvalue weighted by Crippen LogP contribution is 2.29. The fraction of sp³-hybridized carbons (Fsp3) is 0.727. The molecule has 1 atom stereocenters. The first-order chi connectivity index (χ1) is 9.54. The molecule has 2 aromatic rings. The van der Waals surface area contributed by atoms with Crippen LogP contribution in [0.3, 0.4) is 0 Å². The van der Waals surface area contributed by atoms with Crippen molar-refractivity contribution in [3.8, 4) is 0 Å². The van der Waals surface area contributed by atoms with Gasteiger partial charge in [0.1, 0.15) is 5.01 Å². The summed E-state index contributed by atoms with van der Waals surface area (Å²) in [5.41, 5.74) is 0. The lowest BCUT2D eigenvalue weighted by Gasteiger charge is -2.21. The first kappa shape index (κ1) is 13.7. The number of halogens is 3. The van der Waals surface area contributed by atoms with Crippen LogP contribution in [-0.2, 0) is 12.6 Å².